The summed E-state index contributed by atoms with van der Waals surface area (Å²) < 4.78 is 29.6. The molecule has 112 valence electrons. The topological polar surface area (TPSA) is 46.2 Å². The van der Waals surface area contributed by atoms with Crippen LogP contribution in [0.5, 0.6) is 0 Å². The van der Waals surface area contributed by atoms with Crippen molar-refractivity contribution in [3.8, 4) is 0 Å². The minimum Gasteiger partial charge on any atom is -0.278 e. The average Bonchev–Trinajstić information content (AvgIpc) is 2.37. The van der Waals surface area contributed by atoms with E-state index >= 15 is 0 Å². The summed E-state index contributed by atoms with van der Waals surface area (Å²) in [6.07, 6.45) is 0. The number of benzene rings is 2. The maximum atomic E-state index is 12.5. The van der Waals surface area contributed by atoms with E-state index in [0.717, 1.165) is 15.6 Å². The van der Waals surface area contributed by atoms with Gasteiger partial charge in [0.25, 0.3) is 10.0 Å². The molecule has 0 aromatic heterocycles. The van der Waals surface area contributed by atoms with Crippen LogP contribution in [-0.2, 0) is 10.0 Å². The highest BCUT2D eigenvalue weighted by Crippen LogP contribution is 2.31. The Morgan fingerprint density at radius 3 is 2.19 bits per heavy atom. The Bertz CT molecular complexity index is 804. The van der Waals surface area contributed by atoms with Gasteiger partial charge in [-0.2, -0.15) is 0 Å². The molecule has 0 unspecified atom stereocenters. The number of halogens is 3. The first-order chi connectivity index (χ1) is 9.70. The van der Waals surface area contributed by atoms with Gasteiger partial charge in [-0.05, 0) is 81.1 Å². The van der Waals surface area contributed by atoms with E-state index < -0.39 is 10.0 Å². The molecule has 1 N–H and O–H groups in total. The fourth-order valence-corrected chi connectivity index (χ4v) is 5.22. The highest BCUT2D eigenvalue weighted by Gasteiger charge is 2.20. The molecule has 2 aromatic carbocycles. The predicted molar refractivity (Wildman–Crippen MR) is 96.3 cm³/mol. The zero-order chi connectivity index (χ0) is 15.8. The van der Waals surface area contributed by atoms with Crippen LogP contribution in [-0.4, -0.2) is 8.42 Å². The van der Waals surface area contributed by atoms with Crippen LogP contribution in [0.4, 0.5) is 5.69 Å². The summed E-state index contributed by atoms with van der Waals surface area (Å²) in [7, 11) is -3.68. The first kappa shape index (κ1) is 17.0. The highest BCUT2D eigenvalue weighted by atomic mass is 79.9. The molecule has 0 bridgehead atoms. The van der Waals surface area contributed by atoms with E-state index in [-0.39, 0.29) is 4.90 Å². The van der Waals surface area contributed by atoms with E-state index in [1.54, 1.807) is 18.2 Å². The molecule has 3 nitrogen and oxygen atoms in total. The lowest BCUT2D eigenvalue weighted by atomic mass is 10.2. The molecule has 0 saturated carbocycles. The minimum absolute atomic E-state index is 0.187. The maximum absolute atomic E-state index is 12.5. The molecule has 0 heterocycles. The van der Waals surface area contributed by atoms with Crippen molar-refractivity contribution in [2.45, 2.75) is 18.7 Å². The molecular formula is C14H12Br3NO2S. The Balaban J connectivity index is 2.46. The summed E-state index contributed by atoms with van der Waals surface area (Å²) in [5, 5.41) is 0. The second kappa shape index (κ2) is 6.40. The van der Waals surface area contributed by atoms with Gasteiger partial charge in [-0.15, -0.1) is 0 Å². The van der Waals surface area contributed by atoms with Crippen molar-refractivity contribution in [3.63, 3.8) is 0 Å². The third kappa shape index (κ3) is 3.88. The molecule has 0 atom stereocenters. The van der Waals surface area contributed by atoms with Crippen molar-refractivity contribution in [3.05, 3.63) is 54.9 Å². The van der Waals surface area contributed by atoms with Crippen LogP contribution < -0.4 is 4.72 Å². The van der Waals surface area contributed by atoms with Gasteiger partial charge in [-0.25, -0.2) is 8.42 Å². The summed E-state index contributed by atoms with van der Waals surface area (Å²) >= 11 is 10.0. The lowest BCUT2D eigenvalue weighted by Gasteiger charge is -2.13. The van der Waals surface area contributed by atoms with E-state index in [1.807, 2.05) is 26.0 Å². The molecule has 0 spiro atoms. The second-order valence-corrected chi connectivity index (χ2v) is 8.83. The van der Waals surface area contributed by atoms with Gasteiger partial charge in [-0.3, -0.25) is 4.72 Å². The molecule has 0 radical (unpaired) electrons. The van der Waals surface area contributed by atoms with Gasteiger partial charge in [-0.1, -0.05) is 22.0 Å². The second-order valence-electron chi connectivity index (χ2n) is 4.62. The van der Waals surface area contributed by atoms with E-state index in [2.05, 4.69) is 52.5 Å². The van der Waals surface area contributed by atoms with Crippen LogP contribution in [0.2, 0.25) is 0 Å². The third-order valence-electron chi connectivity index (χ3n) is 2.87. The SMILES string of the molecule is Cc1ccc(NS(=O)(=O)c2cc(Br)c(C)cc2Br)c(Br)c1. The molecular weight excluding hydrogens is 486 g/mol. The zero-order valence-electron chi connectivity index (χ0n) is 11.2. The number of aryl methyl sites for hydroxylation is 2. The molecule has 0 aliphatic carbocycles. The number of nitrogens with one attached hydrogen (secondary N) is 1. The Hall–Kier alpha value is -0.370. The maximum Gasteiger partial charge on any atom is 0.263 e. The molecule has 0 fully saturated rings. The number of sulfonamides is 1. The van der Waals surface area contributed by atoms with Gasteiger partial charge in [0.1, 0.15) is 4.90 Å². The van der Waals surface area contributed by atoms with Crippen LogP contribution in [0.25, 0.3) is 0 Å². The van der Waals surface area contributed by atoms with Crippen LogP contribution >= 0.6 is 47.8 Å². The molecule has 0 saturated heterocycles. The molecule has 7 heteroatoms. The van der Waals surface area contributed by atoms with Gasteiger partial charge in [0.2, 0.25) is 0 Å². The predicted octanol–water partition coefficient (Wildman–Crippen LogP) is 5.39. The average molecular weight is 498 g/mol. The van der Waals surface area contributed by atoms with Crippen LogP contribution in [0.1, 0.15) is 11.1 Å². The van der Waals surface area contributed by atoms with Crippen LogP contribution in [0.3, 0.4) is 0 Å². The van der Waals surface area contributed by atoms with Crippen LogP contribution in [0, 0.1) is 13.8 Å². The molecule has 0 aliphatic heterocycles. The molecule has 0 aliphatic rings. The quantitative estimate of drug-likeness (QED) is 0.618. The Morgan fingerprint density at radius 2 is 1.57 bits per heavy atom. The normalized spacial score (nSPS) is 11.5. The molecule has 2 rings (SSSR count). The fraction of sp³-hybridized carbons (Fsp3) is 0.143. The minimum atomic E-state index is -3.68. The third-order valence-corrected chi connectivity index (χ3v) is 6.71. The van der Waals surface area contributed by atoms with Crippen molar-refractivity contribution in [1.82, 2.24) is 0 Å². The van der Waals surface area contributed by atoms with Crippen molar-refractivity contribution in [1.29, 1.82) is 0 Å². The first-order valence-electron chi connectivity index (χ1n) is 5.95. The summed E-state index contributed by atoms with van der Waals surface area (Å²) in [4.78, 5) is 0.187. The lowest BCUT2D eigenvalue weighted by Crippen LogP contribution is -2.14. The van der Waals surface area contributed by atoms with Gasteiger partial charge in [0.15, 0.2) is 0 Å². The zero-order valence-corrected chi connectivity index (χ0v) is 16.8. The number of rotatable bonds is 3. The van der Waals surface area contributed by atoms with Crippen molar-refractivity contribution in [2.75, 3.05) is 4.72 Å². The van der Waals surface area contributed by atoms with Crippen LogP contribution in [0.15, 0.2) is 48.6 Å². The Labute approximate surface area is 149 Å². The van der Waals surface area contributed by atoms with Gasteiger partial charge in [0, 0.05) is 13.4 Å². The fourth-order valence-electron chi connectivity index (χ4n) is 1.74. The summed E-state index contributed by atoms with van der Waals surface area (Å²) in [5.41, 5.74) is 2.51. The number of anilines is 1. The van der Waals surface area contributed by atoms with Crippen molar-refractivity contribution in [2.24, 2.45) is 0 Å². The van der Waals surface area contributed by atoms with E-state index in [9.17, 15) is 8.42 Å². The Morgan fingerprint density at radius 1 is 0.905 bits per heavy atom. The number of hydrogen-bond acceptors (Lipinski definition) is 2. The molecule has 0 amide bonds. The largest absolute Gasteiger partial charge is 0.278 e. The standard InChI is InChI=1S/C14H12Br3NO2S/c1-8-3-4-13(11(16)5-8)18-21(19,20)14-7-10(15)9(2)6-12(14)17/h3-7,18H,1-2H3. The summed E-state index contributed by atoms with van der Waals surface area (Å²) in [5.74, 6) is 0. The number of hydrogen-bond donors (Lipinski definition) is 1. The molecule has 21 heavy (non-hydrogen) atoms. The smallest absolute Gasteiger partial charge is 0.263 e. The lowest BCUT2D eigenvalue weighted by molar-refractivity contribution is 0.600. The van der Waals surface area contributed by atoms with Gasteiger partial charge >= 0.3 is 0 Å². The van der Waals surface area contributed by atoms with Crippen molar-refractivity contribution < 1.29 is 8.42 Å². The van der Waals surface area contributed by atoms with E-state index in [0.29, 0.717) is 14.6 Å². The van der Waals surface area contributed by atoms with E-state index in [4.69, 9.17) is 0 Å². The molecule has 2 aromatic rings. The first-order valence-corrected chi connectivity index (χ1v) is 9.81. The van der Waals surface area contributed by atoms with E-state index in [1.165, 1.54) is 0 Å². The van der Waals surface area contributed by atoms with Gasteiger partial charge < -0.3 is 0 Å². The van der Waals surface area contributed by atoms with Gasteiger partial charge in [0.05, 0.1) is 5.69 Å². The summed E-state index contributed by atoms with van der Waals surface area (Å²) in [6, 6.07) is 8.79. The van der Waals surface area contributed by atoms with Crippen molar-refractivity contribution >= 4 is 63.5 Å². The monoisotopic (exact) mass is 495 g/mol. The summed E-state index contributed by atoms with van der Waals surface area (Å²) in [6.45, 7) is 3.84. The Kier molecular flexibility index (Phi) is 5.18. The highest BCUT2D eigenvalue weighted by molar-refractivity contribution is 9.11.